The predicted octanol–water partition coefficient (Wildman–Crippen LogP) is 4.64. The topological polar surface area (TPSA) is 78.9 Å². The van der Waals surface area contributed by atoms with E-state index in [4.69, 9.17) is 20.3 Å². The molecular formula is C27H30N2O5. The number of carbonyl (C=O) groups is 1. The lowest BCUT2D eigenvalue weighted by Crippen LogP contribution is -2.24. The van der Waals surface area contributed by atoms with Gasteiger partial charge in [-0.15, -0.1) is 0 Å². The largest absolute Gasteiger partial charge is 0.485 e. The van der Waals surface area contributed by atoms with Gasteiger partial charge in [0, 0.05) is 21.1 Å². The molecule has 2 heterocycles. The molecule has 1 amide bonds. The normalized spacial score (nSPS) is 15.9. The number of pyridine rings is 1. The van der Waals surface area contributed by atoms with Gasteiger partial charge in [-0.1, -0.05) is 60.7 Å². The quantitative estimate of drug-likeness (QED) is 0.471. The van der Waals surface area contributed by atoms with Crippen molar-refractivity contribution in [2.24, 2.45) is 0 Å². The van der Waals surface area contributed by atoms with Crippen LogP contribution in [0, 0.1) is 0 Å². The molecule has 178 valence electrons. The molecule has 2 aromatic carbocycles. The van der Waals surface area contributed by atoms with Crippen molar-refractivity contribution >= 4 is 5.91 Å². The first-order chi connectivity index (χ1) is 17.2. The lowest BCUT2D eigenvalue weighted by Gasteiger charge is -2.23. The third-order valence-corrected chi connectivity index (χ3v) is 5.39. The van der Waals surface area contributed by atoms with E-state index in [2.05, 4.69) is 10.3 Å². The molecular weight excluding hydrogens is 432 g/mol. The maximum Gasteiger partial charge on any atom is 0.273 e. The third-order valence-electron chi connectivity index (χ3n) is 5.39. The molecule has 0 bridgehead atoms. The van der Waals surface area contributed by atoms with Crippen molar-refractivity contribution < 1.29 is 25.1 Å². The van der Waals surface area contributed by atoms with Crippen LogP contribution >= 0.6 is 0 Å². The summed E-state index contributed by atoms with van der Waals surface area (Å²) in [6.07, 6.45) is 2.61. The summed E-state index contributed by atoms with van der Waals surface area (Å²) in [7, 11) is -0.282. The molecule has 34 heavy (non-hydrogen) atoms. The van der Waals surface area contributed by atoms with Crippen LogP contribution in [-0.2, 0) is 29.3 Å². The fourth-order valence-electron chi connectivity index (χ4n) is 3.60. The van der Waals surface area contributed by atoms with Crippen LogP contribution < -0.4 is 14.8 Å². The highest BCUT2D eigenvalue weighted by atomic mass is 16.7. The molecule has 1 fully saturated rings. The van der Waals surface area contributed by atoms with Crippen molar-refractivity contribution in [2.45, 2.75) is 45.4 Å². The Kier molecular flexibility index (Phi) is 8.00. The van der Waals surface area contributed by atoms with Crippen molar-refractivity contribution in [1.29, 1.82) is 0 Å². The summed E-state index contributed by atoms with van der Waals surface area (Å²) in [5.41, 5.74) is 2.49. The Morgan fingerprint density at radius 3 is 2.38 bits per heavy atom. The first-order valence-corrected chi connectivity index (χ1v) is 11.4. The number of ether oxygens (including phenoxy) is 4. The van der Waals surface area contributed by atoms with E-state index in [0.29, 0.717) is 18.1 Å². The van der Waals surface area contributed by atoms with Gasteiger partial charge >= 0.3 is 0 Å². The summed E-state index contributed by atoms with van der Waals surface area (Å²) in [4.78, 5) is 17.4. The van der Waals surface area contributed by atoms with Gasteiger partial charge in [0.15, 0.2) is 23.5 Å². The van der Waals surface area contributed by atoms with Crippen molar-refractivity contribution in [3.05, 3.63) is 89.2 Å². The Balaban J connectivity index is 1.62. The Labute approximate surface area is 201 Å². The molecule has 1 aliphatic heterocycles. The molecule has 0 saturated carbocycles. The van der Waals surface area contributed by atoms with E-state index in [0.717, 1.165) is 30.4 Å². The van der Waals surface area contributed by atoms with Gasteiger partial charge in [0.2, 0.25) is 0 Å². The highest BCUT2D eigenvalue weighted by Crippen LogP contribution is 2.33. The molecule has 1 N–H and O–H groups in total. The van der Waals surface area contributed by atoms with E-state index in [1.165, 1.54) is 0 Å². The predicted molar refractivity (Wildman–Crippen MR) is 128 cm³/mol. The number of hydrogen-bond donors (Lipinski definition) is 1. The second-order valence-corrected chi connectivity index (χ2v) is 7.95. The summed E-state index contributed by atoms with van der Waals surface area (Å²) in [5, 5.41) is 2.50. The van der Waals surface area contributed by atoms with Gasteiger partial charge in [-0.2, -0.15) is 0 Å². The fraction of sp³-hybridized carbons (Fsp3) is 0.333. The van der Waals surface area contributed by atoms with E-state index in [1.54, 1.807) is 6.07 Å². The second-order valence-electron chi connectivity index (χ2n) is 7.95. The number of carbonyl (C=O) groups excluding carboxylic acids is 1. The van der Waals surface area contributed by atoms with E-state index in [1.807, 2.05) is 60.7 Å². The molecule has 0 aliphatic carbocycles. The van der Waals surface area contributed by atoms with Crippen LogP contribution in [0.4, 0.5) is 0 Å². The van der Waals surface area contributed by atoms with Crippen LogP contribution in [0.15, 0.2) is 66.7 Å². The van der Waals surface area contributed by atoms with E-state index >= 15 is 0 Å². The van der Waals surface area contributed by atoms with Crippen LogP contribution in [0.3, 0.4) is 0 Å². The lowest BCUT2D eigenvalue weighted by molar-refractivity contribution is -0.169. The summed E-state index contributed by atoms with van der Waals surface area (Å²) in [5.74, 6) is 0.106. The molecule has 7 nitrogen and oxygen atoms in total. The molecule has 3 aromatic rings. The zero-order chi connectivity index (χ0) is 24.3. The molecule has 1 aromatic heterocycles. The summed E-state index contributed by atoms with van der Waals surface area (Å²) < 4.78 is 31.2. The molecule has 7 heteroatoms. The monoisotopic (exact) mass is 464 g/mol. The number of nitrogens with one attached hydrogen (secondary N) is 1. The molecule has 1 unspecified atom stereocenters. The van der Waals surface area contributed by atoms with E-state index < -0.39 is 5.91 Å². The number of hydrogen-bond acceptors (Lipinski definition) is 6. The number of benzene rings is 2. The Morgan fingerprint density at radius 2 is 1.74 bits per heavy atom. The van der Waals surface area contributed by atoms with Crippen LogP contribution in [0.5, 0.6) is 11.5 Å². The van der Waals surface area contributed by atoms with Gasteiger partial charge in [-0.05, 0) is 30.4 Å². The first kappa shape index (κ1) is 22.4. The maximum absolute atomic E-state index is 12.9. The minimum absolute atomic E-state index is 0.0573. The maximum atomic E-state index is 12.9. The number of nitrogens with zero attached hydrogens (tertiary/aromatic N) is 1. The van der Waals surface area contributed by atoms with Crippen molar-refractivity contribution in [3.8, 4) is 11.5 Å². The standard InChI is InChI=1S/C27H30N2O5/c1-28-27(30)25-26(34-18-21-12-6-3-7-13-21)23(32-17-20-10-4-2-5-11-20)16-22(29-25)19-33-24-14-8-9-15-31-24/h2-7,10-13,16,24H,8-9,14-15,17-19H2,1H3,(H,28,30)/i1T. The first-order valence-electron chi connectivity index (χ1n) is 12.1. The average Bonchev–Trinajstić information content (AvgIpc) is 2.91. The van der Waals surface area contributed by atoms with Crippen molar-refractivity contribution in [2.75, 3.05) is 13.6 Å². The number of amides is 1. The van der Waals surface area contributed by atoms with E-state index in [-0.39, 0.29) is 44.6 Å². The summed E-state index contributed by atoms with van der Waals surface area (Å²) in [6.45, 7) is 1.36. The average molecular weight is 465 g/mol. The smallest absolute Gasteiger partial charge is 0.273 e. The SMILES string of the molecule is [3H]CNC(=O)c1nc(COC2CCCCO2)cc(OCc2ccccc2)c1OCc1ccccc1. The highest BCUT2D eigenvalue weighted by molar-refractivity contribution is 5.95. The highest BCUT2D eigenvalue weighted by Gasteiger charge is 2.22. The molecule has 1 aliphatic rings. The number of rotatable bonds is 10. The number of aromatic nitrogens is 1. The summed E-state index contributed by atoms with van der Waals surface area (Å²) >= 11 is 0. The second kappa shape index (κ2) is 12.2. The minimum Gasteiger partial charge on any atom is -0.485 e. The van der Waals surface area contributed by atoms with Gasteiger partial charge in [0.25, 0.3) is 5.91 Å². The van der Waals surface area contributed by atoms with Crippen LogP contribution in [0.25, 0.3) is 0 Å². The fourth-order valence-corrected chi connectivity index (χ4v) is 3.60. The van der Waals surface area contributed by atoms with Gasteiger partial charge in [-0.3, -0.25) is 4.79 Å². The van der Waals surface area contributed by atoms with Crippen LogP contribution in [-0.4, -0.2) is 30.8 Å². The van der Waals surface area contributed by atoms with Gasteiger partial charge < -0.3 is 24.3 Å². The minimum atomic E-state index is -0.511. The Morgan fingerprint density at radius 1 is 1.03 bits per heavy atom. The van der Waals surface area contributed by atoms with E-state index in [9.17, 15) is 4.79 Å². The van der Waals surface area contributed by atoms with Gasteiger partial charge in [0.05, 0.1) is 12.3 Å². The van der Waals surface area contributed by atoms with Gasteiger partial charge in [0.1, 0.15) is 13.2 Å². The molecule has 4 rings (SSSR count). The zero-order valence-electron chi connectivity index (χ0n) is 20.1. The summed E-state index contributed by atoms with van der Waals surface area (Å²) in [6, 6.07) is 21.1. The van der Waals surface area contributed by atoms with Crippen LogP contribution in [0.1, 0.15) is 47.9 Å². The molecule has 1 atom stereocenters. The molecule has 0 spiro atoms. The Bertz CT molecular complexity index is 1080. The van der Waals surface area contributed by atoms with Crippen LogP contribution in [0.2, 0.25) is 0 Å². The third kappa shape index (κ3) is 6.56. The van der Waals surface area contributed by atoms with Gasteiger partial charge in [-0.25, -0.2) is 4.98 Å². The Hall–Kier alpha value is -3.42. The van der Waals surface area contributed by atoms with Crippen molar-refractivity contribution in [1.82, 2.24) is 10.3 Å². The van der Waals surface area contributed by atoms with Crippen molar-refractivity contribution in [3.63, 3.8) is 0 Å². The molecule has 1 saturated heterocycles. The zero-order valence-corrected chi connectivity index (χ0v) is 19.1. The molecule has 0 radical (unpaired) electrons. The lowest BCUT2D eigenvalue weighted by atomic mass is 10.2.